The molecule has 0 saturated carbocycles. The smallest absolute Gasteiger partial charge is 0.326 e. The largest absolute Gasteiger partial charge is 0.481 e. The molecule has 0 bridgehead atoms. The van der Waals surface area contributed by atoms with E-state index in [0.29, 0.717) is 85.5 Å². The van der Waals surface area contributed by atoms with Gasteiger partial charge in [-0.15, -0.1) is 0 Å². The van der Waals surface area contributed by atoms with Crippen LogP contribution in [0.4, 0.5) is 4.79 Å². The number of urea groups is 1. The van der Waals surface area contributed by atoms with Gasteiger partial charge in [-0.2, -0.15) is 0 Å². The Balaban J connectivity index is 2.08. The number of likely N-dealkylation sites (N-methyl/N-ethyl adjacent to an activating group) is 1. The first-order valence-electron chi connectivity index (χ1n) is 30.6. The molecule has 93 heavy (non-hydrogen) atoms. The molecule has 0 aromatic rings. The predicted octanol–water partition coefficient (Wildman–Crippen LogP) is -4.28. The predicted molar refractivity (Wildman–Crippen MR) is 323 cm³/mol. The normalized spacial score (nSPS) is 13.7. The monoisotopic (exact) mass is 1330 g/mol. The van der Waals surface area contributed by atoms with Crippen molar-refractivity contribution < 1.29 is 120 Å². The SMILES string of the molecule is CCNC(=O)C(C)NC(=O)C(C)NC(=O)C(C)NC(=O)C(CCCCNC(=O)CCOCCOCCOCCOCCOCCOCCOCCOCCNC(=O)CNC(=O)CCC(NC(=O)NC(CCC(=O)O)C(=O)O)C(=O)O)NC(=O)CCCN1C(=O)C=CC1=O. The summed E-state index contributed by atoms with van der Waals surface area (Å²) in [5.41, 5.74) is 0. The summed E-state index contributed by atoms with van der Waals surface area (Å²) in [6, 6.07) is -8.48. The number of hydrogen-bond donors (Lipinski definition) is 13. The molecule has 528 valence electrons. The Morgan fingerprint density at radius 1 is 0.398 bits per heavy atom. The van der Waals surface area contributed by atoms with Crippen LogP contribution >= 0.6 is 0 Å². The van der Waals surface area contributed by atoms with E-state index in [1.165, 1.54) is 20.8 Å². The van der Waals surface area contributed by atoms with Gasteiger partial charge in [0.1, 0.15) is 36.3 Å². The molecule has 6 unspecified atom stereocenters. The summed E-state index contributed by atoms with van der Waals surface area (Å²) in [6.45, 7) is 11.2. The van der Waals surface area contributed by atoms with Gasteiger partial charge in [0.2, 0.25) is 47.3 Å². The third-order valence-electron chi connectivity index (χ3n) is 12.8. The highest BCUT2D eigenvalue weighted by atomic mass is 16.6. The second kappa shape index (κ2) is 51.5. The van der Waals surface area contributed by atoms with Crippen LogP contribution in [0.15, 0.2) is 12.2 Å². The van der Waals surface area contributed by atoms with Gasteiger partial charge in [-0.3, -0.25) is 57.6 Å². The zero-order valence-corrected chi connectivity index (χ0v) is 53.3. The van der Waals surface area contributed by atoms with Crippen LogP contribution in [0.2, 0.25) is 0 Å². The lowest BCUT2D eigenvalue weighted by atomic mass is 10.1. The zero-order chi connectivity index (χ0) is 69.2. The third kappa shape index (κ3) is 42.7. The fourth-order valence-electron chi connectivity index (χ4n) is 7.70. The molecule has 0 saturated heterocycles. The summed E-state index contributed by atoms with van der Waals surface area (Å²) < 4.78 is 43.7. The first-order chi connectivity index (χ1) is 44.4. The quantitative estimate of drug-likeness (QED) is 0.0202. The van der Waals surface area contributed by atoms with Gasteiger partial charge in [0, 0.05) is 64.0 Å². The van der Waals surface area contributed by atoms with Crippen molar-refractivity contribution in [1.29, 1.82) is 0 Å². The summed E-state index contributed by atoms with van der Waals surface area (Å²) in [6.07, 6.45) is 1.56. The highest BCUT2D eigenvalue weighted by Crippen LogP contribution is 2.08. The van der Waals surface area contributed by atoms with Crippen molar-refractivity contribution in [2.45, 2.75) is 128 Å². The Morgan fingerprint density at radius 3 is 1.28 bits per heavy atom. The van der Waals surface area contributed by atoms with E-state index in [4.69, 9.17) is 48.1 Å². The van der Waals surface area contributed by atoms with E-state index in [1.807, 2.05) is 10.6 Å². The van der Waals surface area contributed by atoms with E-state index in [1.54, 1.807) is 6.92 Å². The van der Waals surface area contributed by atoms with E-state index >= 15 is 0 Å². The number of rotatable bonds is 57. The van der Waals surface area contributed by atoms with Gasteiger partial charge in [0.25, 0.3) is 11.8 Å². The molecule has 36 nitrogen and oxygen atoms in total. The van der Waals surface area contributed by atoms with Crippen LogP contribution in [0.1, 0.15) is 91.9 Å². The number of amides is 12. The van der Waals surface area contributed by atoms with Gasteiger partial charge in [-0.05, 0) is 66.2 Å². The van der Waals surface area contributed by atoms with Crippen molar-refractivity contribution in [3.8, 4) is 0 Å². The van der Waals surface area contributed by atoms with Crippen molar-refractivity contribution in [2.75, 3.05) is 138 Å². The van der Waals surface area contributed by atoms with Gasteiger partial charge in [0.05, 0.1) is 112 Å². The topological polar surface area (TPSA) is 497 Å². The van der Waals surface area contributed by atoms with Crippen LogP contribution < -0.4 is 53.2 Å². The number of imide groups is 1. The van der Waals surface area contributed by atoms with E-state index in [0.717, 1.165) is 17.1 Å². The fourth-order valence-corrected chi connectivity index (χ4v) is 7.70. The minimum Gasteiger partial charge on any atom is -0.481 e. The van der Waals surface area contributed by atoms with Crippen molar-refractivity contribution in [2.24, 2.45) is 0 Å². The molecule has 12 amide bonds. The van der Waals surface area contributed by atoms with Gasteiger partial charge in [-0.1, -0.05) is 0 Å². The Hall–Kier alpha value is -8.00. The van der Waals surface area contributed by atoms with Crippen molar-refractivity contribution in [1.82, 2.24) is 58.1 Å². The van der Waals surface area contributed by atoms with Crippen LogP contribution in [-0.2, 0) is 100 Å². The molecule has 1 aliphatic heterocycles. The van der Waals surface area contributed by atoms with Crippen LogP contribution in [-0.4, -0.2) is 278 Å². The number of unbranched alkanes of at least 4 members (excludes halogenated alkanes) is 1. The summed E-state index contributed by atoms with van der Waals surface area (Å²) in [5, 5.41) is 51.7. The Kier molecular flexibility index (Phi) is 46.0. The van der Waals surface area contributed by atoms with Gasteiger partial charge >= 0.3 is 23.9 Å². The maximum absolute atomic E-state index is 13.4. The molecule has 0 aliphatic carbocycles. The minimum absolute atomic E-state index is 0.00153. The number of aliphatic carboxylic acids is 3. The van der Waals surface area contributed by atoms with E-state index in [9.17, 15) is 72.2 Å². The molecular weight excluding hydrogens is 1240 g/mol. The number of carbonyl (C=O) groups is 14. The standard InChI is InChI=1S/C57H95N11O25/c1-5-58-51(77)38(2)62-52(78)39(3)63-53(79)40(4)64-54(80)41(65-46(71)10-8-20-68-48(73)14-15-49(68)74)9-6-7-18-59-45(70)17-21-86-23-25-88-27-29-90-31-33-92-35-36-93-34-32-91-30-28-89-26-24-87-22-19-60-47(72)37-61-44(69)13-11-42(55(81)82)66-57(85)67-43(56(83)84)12-16-50(75)76/h14-15,38-43H,5-13,16-37H2,1-4H3,(H,58,77)(H,59,70)(H,60,72)(H,61,69)(H,62,78)(H,63,79)(H,64,80)(H,65,71)(H,75,76)(H,81,82)(H,83,84)(H2,66,67,85). The van der Waals surface area contributed by atoms with Crippen LogP contribution in [0, 0.1) is 0 Å². The van der Waals surface area contributed by atoms with Crippen molar-refractivity contribution in [3.63, 3.8) is 0 Å². The zero-order valence-electron chi connectivity index (χ0n) is 53.3. The second-order valence-corrected chi connectivity index (χ2v) is 20.5. The Labute approximate surface area is 538 Å². The molecule has 0 radical (unpaired) electrons. The molecule has 1 heterocycles. The first-order valence-corrected chi connectivity index (χ1v) is 30.6. The molecule has 36 heteroatoms. The van der Waals surface area contributed by atoms with Crippen LogP contribution in [0.3, 0.4) is 0 Å². The molecule has 0 aromatic heterocycles. The van der Waals surface area contributed by atoms with E-state index in [2.05, 4.69) is 42.5 Å². The third-order valence-corrected chi connectivity index (χ3v) is 12.8. The van der Waals surface area contributed by atoms with Gasteiger partial charge in [0.15, 0.2) is 0 Å². The average molecular weight is 1330 g/mol. The van der Waals surface area contributed by atoms with Gasteiger partial charge < -0.3 is 106 Å². The molecule has 13 N–H and O–H groups in total. The van der Waals surface area contributed by atoms with Gasteiger partial charge in [-0.25, -0.2) is 14.4 Å². The van der Waals surface area contributed by atoms with Crippen molar-refractivity contribution >= 4 is 83.0 Å². The lowest BCUT2D eigenvalue weighted by Crippen LogP contribution is -2.56. The number of hydrogen-bond acceptors (Lipinski definition) is 22. The average Bonchev–Trinajstić information content (AvgIpc) is 2.07. The molecule has 0 spiro atoms. The summed E-state index contributed by atoms with van der Waals surface area (Å²) in [7, 11) is 0. The fraction of sp³-hybridized carbons (Fsp3) is 0.719. The number of ether oxygens (including phenoxy) is 8. The molecular formula is C57H95N11O25. The maximum atomic E-state index is 13.4. The van der Waals surface area contributed by atoms with Crippen molar-refractivity contribution in [3.05, 3.63) is 12.2 Å². The van der Waals surface area contributed by atoms with Crippen LogP contribution in [0.5, 0.6) is 0 Å². The number of carboxylic acid groups (broad SMARTS) is 3. The second-order valence-electron chi connectivity index (χ2n) is 20.5. The van der Waals surface area contributed by atoms with Crippen LogP contribution in [0.25, 0.3) is 0 Å². The molecule has 0 aromatic carbocycles. The lowest BCUT2D eigenvalue weighted by Gasteiger charge is -2.23. The summed E-state index contributed by atoms with van der Waals surface area (Å²) in [5.74, 6) is -9.69. The summed E-state index contributed by atoms with van der Waals surface area (Å²) >= 11 is 0. The maximum Gasteiger partial charge on any atom is 0.326 e. The van der Waals surface area contributed by atoms with E-state index < -0.39 is 139 Å². The van der Waals surface area contributed by atoms with E-state index in [-0.39, 0.29) is 97.3 Å². The number of nitrogens with one attached hydrogen (secondary N) is 10. The lowest BCUT2D eigenvalue weighted by molar-refractivity contribution is -0.141. The molecule has 1 aliphatic rings. The Morgan fingerprint density at radius 2 is 0.817 bits per heavy atom. The molecule has 0 fully saturated rings. The number of carboxylic acids is 3. The summed E-state index contributed by atoms with van der Waals surface area (Å²) in [4.78, 5) is 171. The highest BCUT2D eigenvalue weighted by molar-refractivity contribution is 6.12. The Bertz CT molecular complexity index is 2370. The molecule has 6 atom stereocenters. The highest BCUT2D eigenvalue weighted by Gasteiger charge is 2.29. The molecule has 1 rings (SSSR count). The number of nitrogens with zero attached hydrogens (tertiary/aromatic N) is 1. The number of carbonyl (C=O) groups excluding carboxylic acids is 11. The minimum atomic E-state index is -1.58. The first kappa shape index (κ1) is 83.0.